The zero-order valence-electron chi connectivity index (χ0n) is 20.3. The first-order chi connectivity index (χ1) is 17.5. The lowest BCUT2D eigenvalue weighted by molar-refractivity contribution is -0.132. The first-order valence-electron chi connectivity index (χ1n) is 12.2. The third-order valence-corrected chi connectivity index (χ3v) is 7.20. The van der Waals surface area contributed by atoms with Crippen molar-refractivity contribution >= 4 is 33.9 Å². The first kappa shape index (κ1) is 24.1. The molecule has 2 atom stereocenters. The van der Waals surface area contributed by atoms with Crippen molar-refractivity contribution in [2.45, 2.75) is 51.7 Å². The van der Waals surface area contributed by atoms with E-state index in [1.807, 2.05) is 37.3 Å². The van der Waals surface area contributed by atoms with Crippen LogP contribution in [0.25, 0.3) is 5.76 Å². The SMILES string of the molecule is CCCCCOc1cccc(C2/C(=C(\O)c3ccc4c(c3)CC(C)O4)C(=O)C(=O)N2c2nccs2)c1. The summed E-state index contributed by atoms with van der Waals surface area (Å²) in [5, 5.41) is 13.6. The van der Waals surface area contributed by atoms with Gasteiger partial charge in [0.2, 0.25) is 0 Å². The molecule has 186 valence electrons. The molecule has 1 N–H and O–H groups in total. The van der Waals surface area contributed by atoms with E-state index in [-0.39, 0.29) is 17.4 Å². The maximum atomic E-state index is 13.3. The van der Waals surface area contributed by atoms with E-state index in [1.54, 1.807) is 23.7 Å². The van der Waals surface area contributed by atoms with Crippen LogP contribution in [0.1, 0.15) is 55.8 Å². The van der Waals surface area contributed by atoms with Gasteiger partial charge in [0.1, 0.15) is 23.4 Å². The molecule has 0 bridgehead atoms. The number of thiazole rings is 1. The molecule has 1 amide bonds. The predicted molar refractivity (Wildman–Crippen MR) is 139 cm³/mol. The number of benzene rings is 2. The quantitative estimate of drug-likeness (QED) is 0.184. The molecule has 0 aliphatic carbocycles. The Kier molecular flexibility index (Phi) is 6.78. The number of nitrogens with zero attached hydrogens (tertiary/aromatic N) is 2. The van der Waals surface area contributed by atoms with E-state index in [0.717, 1.165) is 30.6 Å². The van der Waals surface area contributed by atoms with E-state index in [1.165, 1.54) is 16.2 Å². The number of ketones is 1. The van der Waals surface area contributed by atoms with Crippen molar-refractivity contribution in [1.82, 2.24) is 4.98 Å². The third kappa shape index (κ3) is 4.48. The van der Waals surface area contributed by atoms with Crippen LogP contribution in [0, 0.1) is 0 Å². The molecule has 3 heterocycles. The number of fused-ring (bicyclic) bond motifs is 1. The molecule has 2 aliphatic rings. The molecule has 2 aromatic carbocycles. The lowest BCUT2D eigenvalue weighted by Gasteiger charge is -2.23. The van der Waals surface area contributed by atoms with Gasteiger partial charge in [-0.25, -0.2) is 4.98 Å². The number of aliphatic hydroxyl groups is 1. The highest BCUT2D eigenvalue weighted by molar-refractivity contribution is 7.14. The van der Waals surface area contributed by atoms with Crippen LogP contribution in [0.3, 0.4) is 0 Å². The number of unbranched alkanes of at least 4 members (excludes halogenated alkanes) is 2. The smallest absolute Gasteiger partial charge is 0.301 e. The summed E-state index contributed by atoms with van der Waals surface area (Å²) in [5.41, 5.74) is 2.13. The Morgan fingerprint density at radius 2 is 2.08 bits per heavy atom. The standard InChI is InChI=1S/C28H28N2O5S/c1-3-4-5-12-34-21-8-6-7-18(16-21)24-23(26(32)27(33)30(24)28-29-11-13-36-28)25(31)19-9-10-22-20(15-19)14-17(2)35-22/h6-11,13,15-17,24,31H,3-5,12,14H2,1-2H3/b25-23+. The summed E-state index contributed by atoms with van der Waals surface area (Å²) in [5.74, 6) is -0.256. The Balaban J connectivity index is 1.58. The van der Waals surface area contributed by atoms with Gasteiger partial charge in [0.05, 0.1) is 18.2 Å². The third-order valence-electron chi connectivity index (χ3n) is 6.43. The van der Waals surface area contributed by atoms with Gasteiger partial charge in [-0.15, -0.1) is 11.3 Å². The van der Waals surface area contributed by atoms with E-state index in [0.29, 0.717) is 35.0 Å². The number of aliphatic hydroxyl groups excluding tert-OH is 1. The minimum Gasteiger partial charge on any atom is -0.507 e. The average molecular weight is 505 g/mol. The number of hydrogen-bond acceptors (Lipinski definition) is 7. The summed E-state index contributed by atoms with van der Waals surface area (Å²) in [6.07, 6.45) is 5.47. The van der Waals surface area contributed by atoms with Gasteiger partial charge in [-0.3, -0.25) is 14.5 Å². The number of carbonyl (C=O) groups is 2. The summed E-state index contributed by atoms with van der Waals surface area (Å²) >= 11 is 1.26. The van der Waals surface area contributed by atoms with Crippen molar-refractivity contribution in [2.75, 3.05) is 11.5 Å². The van der Waals surface area contributed by atoms with E-state index in [9.17, 15) is 14.7 Å². The van der Waals surface area contributed by atoms with E-state index in [4.69, 9.17) is 9.47 Å². The summed E-state index contributed by atoms with van der Waals surface area (Å²) in [4.78, 5) is 32.2. The second-order valence-corrected chi connectivity index (χ2v) is 9.94. The number of ether oxygens (including phenoxy) is 2. The monoisotopic (exact) mass is 504 g/mol. The molecule has 8 heteroatoms. The van der Waals surface area contributed by atoms with Gasteiger partial charge in [-0.2, -0.15) is 0 Å². The van der Waals surface area contributed by atoms with Crippen LogP contribution in [0.5, 0.6) is 11.5 Å². The number of amides is 1. The van der Waals surface area contributed by atoms with Crippen molar-refractivity contribution in [1.29, 1.82) is 0 Å². The lowest BCUT2D eigenvalue weighted by atomic mass is 9.94. The molecule has 0 spiro atoms. The fourth-order valence-electron chi connectivity index (χ4n) is 4.72. The van der Waals surface area contributed by atoms with E-state index in [2.05, 4.69) is 11.9 Å². The molecule has 2 unspecified atom stereocenters. The molecule has 1 aromatic heterocycles. The fraction of sp³-hybridized carbons (Fsp3) is 0.321. The van der Waals surface area contributed by atoms with Crippen molar-refractivity contribution in [3.63, 3.8) is 0 Å². The van der Waals surface area contributed by atoms with Crippen LogP contribution in [0.2, 0.25) is 0 Å². The zero-order chi connectivity index (χ0) is 25.2. The highest BCUT2D eigenvalue weighted by Crippen LogP contribution is 2.44. The zero-order valence-corrected chi connectivity index (χ0v) is 21.1. The van der Waals surface area contributed by atoms with Crippen molar-refractivity contribution in [2.24, 2.45) is 0 Å². The fourth-order valence-corrected chi connectivity index (χ4v) is 5.39. The highest BCUT2D eigenvalue weighted by Gasteiger charge is 2.48. The number of rotatable bonds is 8. The number of Topliss-reactive ketones (excluding diaryl/α,β-unsaturated/α-hetero) is 1. The molecule has 7 nitrogen and oxygen atoms in total. The number of aromatic nitrogens is 1. The summed E-state index contributed by atoms with van der Waals surface area (Å²) in [7, 11) is 0. The molecule has 0 radical (unpaired) electrons. The Bertz CT molecular complexity index is 1320. The minimum atomic E-state index is -0.834. The molecule has 3 aromatic rings. The Labute approximate surface area is 214 Å². The molecule has 2 aliphatic heterocycles. The van der Waals surface area contributed by atoms with Crippen LogP contribution >= 0.6 is 11.3 Å². The van der Waals surface area contributed by atoms with Gasteiger partial charge in [0, 0.05) is 23.6 Å². The van der Waals surface area contributed by atoms with Crippen LogP contribution in [-0.2, 0) is 16.0 Å². The van der Waals surface area contributed by atoms with Crippen LogP contribution in [-0.4, -0.2) is 34.5 Å². The molecular weight excluding hydrogens is 476 g/mol. The maximum absolute atomic E-state index is 13.3. The average Bonchev–Trinajstić information content (AvgIpc) is 3.59. The van der Waals surface area contributed by atoms with Gasteiger partial charge in [0.15, 0.2) is 5.13 Å². The molecule has 1 saturated heterocycles. The lowest BCUT2D eigenvalue weighted by Crippen LogP contribution is -2.29. The number of hydrogen-bond donors (Lipinski definition) is 1. The summed E-state index contributed by atoms with van der Waals surface area (Å²) in [6, 6.07) is 11.9. The van der Waals surface area contributed by atoms with Crippen molar-refractivity contribution in [3.05, 3.63) is 76.3 Å². The number of anilines is 1. The maximum Gasteiger partial charge on any atom is 0.301 e. The van der Waals surface area contributed by atoms with Gasteiger partial charge >= 0.3 is 5.91 Å². The van der Waals surface area contributed by atoms with E-state index >= 15 is 0 Å². The molecule has 36 heavy (non-hydrogen) atoms. The van der Waals surface area contributed by atoms with Gasteiger partial charge in [-0.05, 0) is 54.8 Å². The van der Waals surface area contributed by atoms with Gasteiger partial charge in [0.25, 0.3) is 5.78 Å². The van der Waals surface area contributed by atoms with Crippen molar-refractivity contribution in [3.8, 4) is 11.5 Å². The number of carbonyl (C=O) groups excluding carboxylic acids is 2. The largest absolute Gasteiger partial charge is 0.507 e. The molecule has 5 rings (SSSR count). The molecule has 0 saturated carbocycles. The predicted octanol–water partition coefficient (Wildman–Crippen LogP) is 5.66. The van der Waals surface area contributed by atoms with Crippen LogP contribution < -0.4 is 14.4 Å². The highest BCUT2D eigenvalue weighted by atomic mass is 32.1. The van der Waals surface area contributed by atoms with E-state index < -0.39 is 17.7 Å². The van der Waals surface area contributed by atoms with Gasteiger partial charge in [-0.1, -0.05) is 31.9 Å². The topological polar surface area (TPSA) is 89.0 Å². The normalized spacial score (nSPS) is 20.4. The van der Waals surface area contributed by atoms with Crippen molar-refractivity contribution < 1.29 is 24.2 Å². The second-order valence-electron chi connectivity index (χ2n) is 9.07. The summed E-state index contributed by atoms with van der Waals surface area (Å²) in [6.45, 7) is 4.70. The second kappa shape index (κ2) is 10.1. The van der Waals surface area contributed by atoms with Gasteiger partial charge < -0.3 is 14.6 Å². The minimum absolute atomic E-state index is 0.0326. The van der Waals surface area contributed by atoms with Crippen LogP contribution in [0.4, 0.5) is 5.13 Å². The molecule has 1 fully saturated rings. The Hall–Kier alpha value is -3.65. The Morgan fingerprint density at radius 3 is 2.86 bits per heavy atom. The molecular formula is C28H28N2O5S. The van der Waals surface area contributed by atoms with Crippen LogP contribution in [0.15, 0.2) is 59.6 Å². The first-order valence-corrected chi connectivity index (χ1v) is 13.1. The Morgan fingerprint density at radius 1 is 1.22 bits per heavy atom. The summed E-state index contributed by atoms with van der Waals surface area (Å²) < 4.78 is 11.7.